The molecule has 23 heavy (non-hydrogen) atoms. The quantitative estimate of drug-likeness (QED) is 0.436. The Morgan fingerprint density at radius 3 is 2.43 bits per heavy atom. The van der Waals surface area contributed by atoms with Crippen LogP contribution in [0.3, 0.4) is 0 Å². The third-order valence-electron chi connectivity index (χ3n) is 4.74. The molecule has 9 heteroatoms. The molecule has 134 valence electrons. The first-order chi connectivity index (χ1) is 11.0. The first-order valence-electron chi connectivity index (χ1n) is 7.73. The van der Waals surface area contributed by atoms with Gasteiger partial charge in [0.25, 0.3) is 0 Å². The molecule has 0 spiro atoms. The maximum absolute atomic E-state index is 10.3. The number of hydrogen-bond acceptors (Lipinski definition) is 9. The zero-order chi connectivity index (χ0) is 16.7. The van der Waals surface area contributed by atoms with Crippen LogP contribution in [-0.2, 0) is 23.7 Å². The minimum absolute atomic E-state index is 0.277. The molecule has 3 fully saturated rings. The highest BCUT2D eigenvalue weighted by Crippen LogP contribution is 2.34. The lowest BCUT2D eigenvalue weighted by molar-refractivity contribution is -0.330. The molecule has 10 atom stereocenters. The molecule has 0 radical (unpaired) electrons. The molecular formula is C14H24O9. The molecule has 3 rings (SSSR count). The average Bonchev–Trinajstić information content (AvgIpc) is 2.84. The van der Waals surface area contributed by atoms with E-state index in [9.17, 15) is 20.4 Å². The van der Waals surface area contributed by atoms with Gasteiger partial charge < -0.3 is 44.1 Å². The summed E-state index contributed by atoms with van der Waals surface area (Å²) in [6, 6.07) is 0. The van der Waals surface area contributed by atoms with Crippen LogP contribution in [0.5, 0.6) is 0 Å². The van der Waals surface area contributed by atoms with Crippen molar-refractivity contribution in [3.05, 3.63) is 0 Å². The summed E-state index contributed by atoms with van der Waals surface area (Å²) in [6.45, 7) is 1.58. The molecule has 4 N–H and O–H groups in total. The summed E-state index contributed by atoms with van der Waals surface area (Å²) in [5.74, 6) is 0. The highest BCUT2D eigenvalue weighted by atomic mass is 16.7. The Morgan fingerprint density at radius 1 is 1.04 bits per heavy atom. The van der Waals surface area contributed by atoms with Crippen LogP contribution < -0.4 is 0 Å². The molecule has 3 aliphatic rings. The average molecular weight is 336 g/mol. The van der Waals surface area contributed by atoms with Crippen molar-refractivity contribution in [2.45, 2.75) is 68.1 Å². The van der Waals surface area contributed by atoms with Crippen molar-refractivity contribution in [3.63, 3.8) is 0 Å². The molecule has 0 amide bonds. The highest BCUT2D eigenvalue weighted by molar-refractivity contribution is 4.99. The van der Waals surface area contributed by atoms with Crippen LogP contribution in [0.1, 0.15) is 6.92 Å². The molecule has 0 aromatic rings. The summed E-state index contributed by atoms with van der Waals surface area (Å²) >= 11 is 0. The van der Waals surface area contributed by atoms with E-state index >= 15 is 0 Å². The van der Waals surface area contributed by atoms with E-state index in [0.29, 0.717) is 0 Å². The summed E-state index contributed by atoms with van der Waals surface area (Å²) < 4.78 is 27.5. The lowest BCUT2D eigenvalue weighted by Gasteiger charge is -2.44. The fourth-order valence-corrected chi connectivity index (χ4v) is 3.40. The second-order valence-electron chi connectivity index (χ2n) is 6.18. The van der Waals surface area contributed by atoms with Crippen LogP contribution in [-0.4, -0.2) is 102 Å². The number of rotatable bonds is 4. The number of aliphatic hydroxyl groups excluding tert-OH is 4. The zero-order valence-corrected chi connectivity index (χ0v) is 13.0. The topological polar surface area (TPSA) is 127 Å². The Kier molecular flexibility index (Phi) is 5.21. The molecule has 0 aromatic carbocycles. The van der Waals surface area contributed by atoms with E-state index < -0.39 is 55.6 Å². The Balaban J connectivity index is 1.72. The minimum Gasteiger partial charge on any atom is -0.394 e. The monoisotopic (exact) mass is 336 g/mol. The van der Waals surface area contributed by atoms with Crippen molar-refractivity contribution in [2.75, 3.05) is 20.3 Å². The number of ether oxygens (including phenoxy) is 5. The number of methoxy groups -OCH3 is 1. The van der Waals surface area contributed by atoms with E-state index in [-0.39, 0.29) is 18.8 Å². The van der Waals surface area contributed by atoms with E-state index in [0.717, 1.165) is 0 Å². The Labute approximate surface area is 133 Å². The molecule has 3 saturated heterocycles. The van der Waals surface area contributed by atoms with Gasteiger partial charge in [0.15, 0.2) is 6.29 Å². The van der Waals surface area contributed by atoms with Gasteiger partial charge in [0.2, 0.25) is 0 Å². The number of aliphatic hydroxyl groups is 4. The second kappa shape index (κ2) is 6.87. The van der Waals surface area contributed by atoms with Gasteiger partial charge in [-0.3, -0.25) is 0 Å². The lowest BCUT2D eigenvalue weighted by atomic mass is 9.97. The van der Waals surface area contributed by atoms with Crippen molar-refractivity contribution in [3.8, 4) is 0 Å². The molecule has 9 nitrogen and oxygen atoms in total. The molecule has 3 heterocycles. The van der Waals surface area contributed by atoms with Crippen molar-refractivity contribution in [1.82, 2.24) is 0 Å². The van der Waals surface area contributed by atoms with Crippen molar-refractivity contribution in [2.24, 2.45) is 0 Å². The van der Waals surface area contributed by atoms with Crippen molar-refractivity contribution < 1.29 is 44.1 Å². The molecule has 2 bridgehead atoms. The smallest absolute Gasteiger partial charge is 0.187 e. The standard InChI is InChI=1S/C14H24O9/c1-5-8(16)13-11(7(21-5)4-20-13)23-14-10(18)12(19-2)9(17)6(3-15)22-14/h5-18H,3-4H2,1-2H3. The van der Waals surface area contributed by atoms with Crippen LogP contribution in [0.2, 0.25) is 0 Å². The Hall–Kier alpha value is -0.360. The second-order valence-corrected chi connectivity index (χ2v) is 6.18. The van der Waals surface area contributed by atoms with E-state index in [1.807, 2.05) is 0 Å². The van der Waals surface area contributed by atoms with Gasteiger partial charge in [-0.25, -0.2) is 0 Å². The van der Waals surface area contributed by atoms with E-state index in [4.69, 9.17) is 23.7 Å². The first-order valence-corrected chi connectivity index (χ1v) is 7.73. The Bertz CT molecular complexity index is 408. The van der Waals surface area contributed by atoms with Crippen LogP contribution >= 0.6 is 0 Å². The minimum atomic E-state index is -1.26. The van der Waals surface area contributed by atoms with E-state index in [1.54, 1.807) is 6.92 Å². The van der Waals surface area contributed by atoms with Crippen molar-refractivity contribution >= 4 is 0 Å². The van der Waals surface area contributed by atoms with E-state index in [2.05, 4.69) is 0 Å². The fraction of sp³-hybridized carbons (Fsp3) is 1.00. The number of fused-ring (bicyclic) bond motifs is 2. The summed E-state index contributed by atoms with van der Waals surface area (Å²) in [7, 11) is 1.34. The third kappa shape index (κ3) is 3.01. The van der Waals surface area contributed by atoms with Gasteiger partial charge in [-0.05, 0) is 6.92 Å². The van der Waals surface area contributed by atoms with Crippen molar-refractivity contribution in [1.29, 1.82) is 0 Å². The summed E-state index contributed by atoms with van der Waals surface area (Å²) in [5, 5.41) is 39.7. The van der Waals surface area contributed by atoms with E-state index in [1.165, 1.54) is 7.11 Å². The first kappa shape index (κ1) is 17.5. The van der Waals surface area contributed by atoms with Gasteiger partial charge in [-0.15, -0.1) is 0 Å². The molecule has 3 aliphatic heterocycles. The van der Waals surface area contributed by atoms with Gasteiger partial charge >= 0.3 is 0 Å². The summed E-state index contributed by atoms with van der Waals surface area (Å²) in [5.41, 5.74) is 0. The molecule has 0 saturated carbocycles. The maximum Gasteiger partial charge on any atom is 0.187 e. The largest absolute Gasteiger partial charge is 0.394 e. The van der Waals surface area contributed by atoms with Crippen LogP contribution in [0.4, 0.5) is 0 Å². The van der Waals surface area contributed by atoms with Gasteiger partial charge in [0.05, 0.1) is 19.3 Å². The molecular weight excluding hydrogens is 312 g/mol. The predicted molar refractivity (Wildman–Crippen MR) is 73.5 cm³/mol. The van der Waals surface area contributed by atoms with Crippen LogP contribution in [0.15, 0.2) is 0 Å². The highest BCUT2D eigenvalue weighted by Gasteiger charge is 2.53. The summed E-state index contributed by atoms with van der Waals surface area (Å²) in [6.07, 6.45) is -8.28. The van der Waals surface area contributed by atoms with Gasteiger partial charge in [0.1, 0.15) is 48.8 Å². The van der Waals surface area contributed by atoms with Gasteiger partial charge in [-0.2, -0.15) is 0 Å². The number of hydrogen-bond donors (Lipinski definition) is 4. The zero-order valence-electron chi connectivity index (χ0n) is 13.0. The summed E-state index contributed by atoms with van der Waals surface area (Å²) in [4.78, 5) is 0. The van der Waals surface area contributed by atoms with Crippen LogP contribution in [0.25, 0.3) is 0 Å². The SMILES string of the molecule is COC1C(O)C(CO)OC(OC2C3COC2C(O)C(C)O3)C1O. The Morgan fingerprint density at radius 2 is 1.78 bits per heavy atom. The maximum atomic E-state index is 10.3. The van der Waals surface area contributed by atoms with Gasteiger partial charge in [0, 0.05) is 7.11 Å². The lowest BCUT2D eigenvalue weighted by Crippen LogP contribution is -2.62. The third-order valence-corrected chi connectivity index (χ3v) is 4.74. The molecule has 0 aromatic heterocycles. The fourth-order valence-electron chi connectivity index (χ4n) is 3.40. The predicted octanol–water partition coefficient (Wildman–Crippen LogP) is -2.63. The van der Waals surface area contributed by atoms with Gasteiger partial charge in [-0.1, -0.05) is 0 Å². The molecule has 10 unspecified atom stereocenters. The normalized spacial score (nSPS) is 53.5. The van der Waals surface area contributed by atoms with Crippen LogP contribution in [0, 0.1) is 0 Å². The molecule has 0 aliphatic carbocycles.